The number of nitrogens with zero attached hydrogens (tertiary/aromatic N) is 2. The van der Waals surface area contributed by atoms with Gasteiger partial charge in [0, 0.05) is 0 Å². The predicted octanol–water partition coefficient (Wildman–Crippen LogP) is 4.61. The minimum atomic E-state index is -0.849. The third-order valence-corrected chi connectivity index (χ3v) is 5.47. The van der Waals surface area contributed by atoms with E-state index in [1.807, 2.05) is 54.6 Å². The zero-order valence-corrected chi connectivity index (χ0v) is 18.2. The van der Waals surface area contributed by atoms with Crippen LogP contribution in [0, 0.1) is 11.3 Å². The van der Waals surface area contributed by atoms with Crippen molar-refractivity contribution in [1.82, 2.24) is 0 Å². The van der Waals surface area contributed by atoms with Gasteiger partial charge in [0.1, 0.15) is 17.4 Å². The van der Waals surface area contributed by atoms with Crippen LogP contribution in [0.2, 0.25) is 0 Å². The van der Waals surface area contributed by atoms with E-state index in [4.69, 9.17) is 9.47 Å². The van der Waals surface area contributed by atoms with Crippen LogP contribution in [-0.2, 0) is 27.2 Å². The number of para-hydroxylation sites is 2. The molecule has 0 fully saturated rings. The number of amides is 1. The lowest BCUT2D eigenvalue weighted by atomic mass is 10.0. The molecule has 1 aliphatic rings. The number of fused-ring (bicyclic) bond motifs is 2. The van der Waals surface area contributed by atoms with Gasteiger partial charge in [0.2, 0.25) is 0 Å². The lowest BCUT2D eigenvalue weighted by Gasteiger charge is -2.24. The average Bonchev–Trinajstić information content (AvgIpc) is 3.03. The van der Waals surface area contributed by atoms with Crippen LogP contribution in [0.15, 0.2) is 78.4 Å². The summed E-state index contributed by atoms with van der Waals surface area (Å²) in [5.41, 5.74) is 4.10. The Morgan fingerprint density at radius 1 is 0.939 bits per heavy atom. The molecule has 0 saturated carbocycles. The molecule has 0 aromatic heterocycles. The molecule has 6 heteroatoms. The second-order valence-electron chi connectivity index (χ2n) is 7.51. The maximum atomic E-state index is 13.3. The number of hydrogen-bond acceptors (Lipinski definition) is 5. The number of carbonyl (C=O) groups is 2. The molecular formula is C27H22N2O4. The van der Waals surface area contributed by atoms with Crippen molar-refractivity contribution in [2.24, 2.45) is 0 Å². The van der Waals surface area contributed by atoms with Crippen molar-refractivity contribution >= 4 is 29.3 Å². The fraction of sp³-hybridized carbons (Fsp3) is 0.148. The Kier molecular flexibility index (Phi) is 6.51. The molecule has 0 saturated heterocycles. The van der Waals surface area contributed by atoms with Crippen LogP contribution < -0.4 is 9.64 Å². The second kappa shape index (κ2) is 9.84. The van der Waals surface area contributed by atoms with Gasteiger partial charge in [-0.1, -0.05) is 48.5 Å². The van der Waals surface area contributed by atoms with Crippen LogP contribution >= 0.6 is 0 Å². The maximum Gasteiger partial charge on any atom is 0.349 e. The average molecular weight is 438 g/mol. The van der Waals surface area contributed by atoms with Crippen LogP contribution in [0.1, 0.15) is 16.7 Å². The summed E-state index contributed by atoms with van der Waals surface area (Å²) in [7, 11) is 1.56. The van der Waals surface area contributed by atoms with Gasteiger partial charge in [-0.25, -0.2) is 4.79 Å². The van der Waals surface area contributed by atoms with Crippen LogP contribution in [0.5, 0.6) is 5.75 Å². The fourth-order valence-corrected chi connectivity index (χ4v) is 3.82. The molecule has 0 N–H and O–H groups in total. The van der Waals surface area contributed by atoms with Crippen LogP contribution in [0.3, 0.4) is 0 Å². The normalized spacial score (nSPS) is 12.6. The lowest BCUT2D eigenvalue weighted by molar-refractivity contribution is -0.143. The molecule has 0 unspecified atom stereocenters. The van der Waals surface area contributed by atoms with Gasteiger partial charge < -0.3 is 9.47 Å². The molecule has 0 spiro atoms. The molecule has 0 atom stereocenters. The highest BCUT2D eigenvalue weighted by atomic mass is 16.5. The Balaban J connectivity index is 1.54. The number of rotatable bonds is 5. The van der Waals surface area contributed by atoms with Gasteiger partial charge in [-0.3, -0.25) is 9.69 Å². The summed E-state index contributed by atoms with van der Waals surface area (Å²) in [5, 5.41) is 9.43. The quantitative estimate of drug-likeness (QED) is 0.330. The first-order valence-electron chi connectivity index (χ1n) is 10.5. The number of carbonyl (C=O) groups excluding carboxylic acids is 2. The van der Waals surface area contributed by atoms with Crippen LogP contribution in [0.25, 0.3) is 6.08 Å². The summed E-state index contributed by atoms with van der Waals surface area (Å²) in [6.07, 6.45) is 3.03. The number of anilines is 2. The molecule has 0 bridgehead atoms. The van der Waals surface area contributed by atoms with Crippen molar-refractivity contribution in [2.45, 2.75) is 12.8 Å². The summed E-state index contributed by atoms with van der Waals surface area (Å²) in [5.74, 6) is -0.568. The molecule has 1 heterocycles. The molecule has 164 valence electrons. The highest BCUT2D eigenvalue weighted by Crippen LogP contribution is 2.36. The first kappa shape index (κ1) is 21.8. The summed E-state index contributed by atoms with van der Waals surface area (Å²) >= 11 is 0. The van der Waals surface area contributed by atoms with Crippen molar-refractivity contribution in [3.8, 4) is 11.8 Å². The highest BCUT2D eigenvalue weighted by Gasteiger charge is 2.26. The van der Waals surface area contributed by atoms with Crippen molar-refractivity contribution in [1.29, 1.82) is 5.26 Å². The van der Waals surface area contributed by atoms with Gasteiger partial charge in [-0.15, -0.1) is 0 Å². The van der Waals surface area contributed by atoms with E-state index in [0.717, 1.165) is 35.3 Å². The topological polar surface area (TPSA) is 79.6 Å². The number of methoxy groups -OCH3 is 1. The van der Waals surface area contributed by atoms with E-state index in [-0.39, 0.29) is 11.5 Å². The second-order valence-corrected chi connectivity index (χ2v) is 7.51. The van der Waals surface area contributed by atoms with Gasteiger partial charge in [-0.2, -0.15) is 5.26 Å². The van der Waals surface area contributed by atoms with Gasteiger partial charge in [0.05, 0.1) is 18.5 Å². The first-order valence-corrected chi connectivity index (χ1v) is 10.5. The summed E-state index contributed by atoms with van der Waals surface area (Å²) in [6, 6.07) is 24.2. The summed E-state index contributed by atoms with van der Waals surface area (Å²) in [6.45, 7) is -0.483. The highest BCUT2D eigenvalue weighted by molar-refractivity contribution is 6.05. The largest absolute Gasteiger partial charge is 0.497 e. The summed E-state index contributed by atoms with van der Waals surface area (Å²) in [4.78, 5) is 27.4. The predicted molar refractivity (Wildman–Crippen MR) is 125 cm³/mol. The van der Waals surface area contributed by atoms with Crippen molar-refractivity contribution < 1.29 is 19.1 Å². The Labute approximate surface area is 192 Å². The number of esters is 1. The van der Waals surface area contributed by atoms with Gasteiger partial charge in [0.25, 0.3) is 5.91 Å². The van der Waals surface area contributed by atoms with Crippen molar-refractivity contribution in [2.75, 3.05) is 18.6 Å². The van der Waals surface area contributed by atoms with Gasteiger partial charge >= 0.3 is 5.97 Å². The monoisotopic (exact) mass is 438 g/mol. The number of benzene rings is 3. The molecular weight excluding hydrogens is 416 g/mol. The number of nitriles is 1. The van der Waals surface area contributed by atoms with Crippen LogP contribution in [0.4, 0.5) is 11.4 Å². The van der Waals surface area contributed by atoms with E-state index in [1.54, 1.807) is 36.3 Å². The third kappa shape index (κ3) is 4.78. The van der Waals surface area contributed by atoms with E-state index in [2.05, 4.69) is 0 Å². The molecule has 6 nitrogen and oxygen atoms in total. The molecule has 1 amide bonds. The molecule has 0 aliphatic carbocycles. The molecule has 0 radical (unpaired) electrons. The number of ether oxygens (including phenoxy) is 2. The third-order valence-electron chi connectivity index (χ3n) is 5.47. The van der Waals surface area contributed by atoms with Crippen LogP contribution in [-0.4, -0.2) is 25.6 Å². The van der Waals surface area contributed by atoms with Gasteiger partial charge in [-0.05, 0) is 59.9 Å². The smallest absolute Gasteiger partial charge is 0.349 e. The minimum Gasteiger partial charge on any atom is -0.497 e. The van der Waals surface area contributed by atoms with E-state index in [9.17, 15) is 14.9 Å². The van der Waals surface area contributed by atoms with Crippen molar-refractivity contribution in [3.05, 3.63) is 95.1 Å². The van der Waals surface area contributed by atoms with Gasteiger partial charge in [0.15, 0.2) is 6.61 Å². The van der Waals surface area contributed by atoms with E-state index < -0.39 is 12.6 Å². The molecule has 3 aromatic carbocycles. The maximum absolute atomic E-state index is 13.3. The van der Waals surface area contributed by atoms with E-state index in [0.29, 0.717) is 11.3 Å². The Hall–Kier alpha value is -4.37. The summed E-state index contributed by atoms with van der Waals surface area (Å²) < 4.78 is 10.4. The molecule has 33 heavy (non-hydrogen) atoms. The molecule has 3 aromatic rings. The zero-order chi connectivity index (χ0) is 23.2. The fourth-order valence-electron chi connectivity index (χ4n) is 3.82. The zero-order valence-electron chi connectivity index (χ0n) is 18.2. The van der Waals surface area contributed by atoms with E-state index in [1.165, 1.54) is 6.08 Å². The Morgan fingerprint density at radius 2 is 1.52 bits per heavy atom. The first-order chi connectivity index (χ1) is 16.1. The molecule has 4 rings (SSSR count). The Bertz CT molecular complexity index is 1210. The number of aryl methyl sites for hydroxylation is 2. The SMILES string of the molecule is COc1ccc(/C=C(\C#N)C(=O)OCC(=O)N2c3ccccc3CCc3ccccc32)cc1. The number of hydrogen-bond donors (Lipinski definition) is 0. The standard InChI is InChI=1S/C27H22N2O4/c1-32-23-14-10-19(11-15-23)16-22(17-28)27(31)33-18-26(30)29-24-8-4-2-6-20(24)12-13-21-7-3-5-9-25(21)29/h2-11,14-16H,12-13,18H2,1H3/b22-16+. The van der Waals surface area contributed by atoms with E-state index >= 15 is 0 Å². The lowest BCUT2D eigenvalue weighted by Crippen LogP contribution is -2.31. The minimum absolute atomic E-state index is 0.190. The molecule has 1 aliphatic heterocycles. The Morgan fingerprint density at radius 3 is 2.06 bits per heavy atom. The van der Waals surface area contributed by atoms with Crippen molar-refractivity contribution in [3.63, 3.8) is 0 Å².